The molecule has 5 aromatic rings. The average Bonchev–Trinajstić information content (AvgIpc) is 3.75. The number of thiazole rings is 1. The maximum Gasteiger partial charge on any atom is 0.236 e. The lowest BCUT2D eigenvalue weighted by Crippen LogP contribution is -2.51. The lowest BCUT2D eigenvalue weighted by Gasteiger charge is -2.37. The van der Waals surface area contributed by atoms with Crippen LogP contribution in [0.3, 0.4) is 0 Å². The number of likely N-dealkylation sites (tertiary alicyclic amines) is 1. The number of ether oxygens (including phenoxy) is 1. The molecule has 2 aromatic carbocycles. The minimum atomic E-state index is -3.72. The number of nitrogens with one attached hydrogen (secondary N) is 3. The molecule has 19 heteroatoms. The fourth-order valence-corrected chi connectivity index (χ4v) is 9.91. The zero-order valence-corrected chi connectivity index (χ0v) is 39.4. The number of piperidine rings is 2. The van der Waals surface area contributed by atoms with Crippen molar-refractivity contribution in [3.05, 3.63) is 89.9 Å². The topological polar surface area (TPSA) is 192 Å². The summed E-state index contributed by atoms with van der Waals surface area (Å²) in [6.45, 7) is 12.9. The maximum absolute atomic E-state index is 16.1. The van der Waals surface area contributed by atoms with Gasteiger partial charge in [-0.05, 0) is 55.3 Å². The molecule has 3 fully saturated rings. The van der Waals surface area contributed by atoms with E-state index in [2.05, 4.69) is 35.1 Å². The number of imide groups is 1. The zero-order valence-electron chi connectivity index (χ0n) is 37.8. The van der Waals surface area contributed by atoms with Crippen molar-refractivity contribution in [2.24, 2.45) is 0 Å². The number of sulfonamides is 1. The molecule has 0 radical (unpaired) electrons. The van der Waals surface area contributed by atoms with Gasteiger partial charge in [0.1, 0.15) is 17.7 Å². The van der Waals surface area contributed by atoms with E-state index in [1.165, 1.54) is 17.4 Å². The van der Waals surface area contributed by atoms with E-state index in [9.17, 15) is 22.8 Å². The number of anilines is 4. The number of benzene rings is 2. The first-order valence-electron chi connectivity index (χ1n) is 22.3. The van der Waals surface area contributed by atoms with Gasteiger partial charge in [0.25, 0.3) is 0 Å². The van der Waals surface area contributed by atoms with Crippen molar-refractivity contribution in [1.82, 2.24) is 35.1 Å². The van der Waals surface area contributed by atoms with Crippen molar-refractivity contribution in [3.8, 4) is 27.6 Å². The van der Waals surface area contributed by atoms with Crippen molar-refractivity contribution in [3.63, 3.8) is 0 Å². The van der Waals surface area contributed by atoms with E-state index in [4.69, 9.17) is 14.7 Å². The molecule has 0 bridgehead atoms. The van der Waals surface area contributed by atoms with Gasteiger partial charge in [-0.25, -0.2) is 32.7 Å². The summed E-state index contributed by atoms with van der Waals surface area (Å²) in [5.41, 5.74) is 1.34. The summed E-state index contributed by atoms with van der Waals surface area (Å²) >= 11 is 1.41. The monoisotopic (exact) mass is 940 g/mol. The number of carbonyl (C=O) groups excluding carboxylic acids is 3. The minimum absolute atomic E-state index is 0.0246. The van der Waals surface area contributed by atoms with Crippen LogP contribution in [0.4, 0.5) is 27.5 Å². The first kappa shape index (κ1) is 47.9. The molecule has 3 aromatic heterocycles. The number of pyridine rings is 1. The smallest absolute Gasteiger partial charge is 0.236 e. The molecule has 8 rings (SSSR count). The minimum Gasteiger partial charge on any atom is -0.490 e. The predicted molar refractivity (Wildman–Crippen MR) is 255 cm³/mol. The van der Waals surface area contributed by atoms with Crippen LogP contribution in [0.1, 0.15) is 71.2 Å². The number of rotatable bonds is 13. The van der Waals surface area contributed by atoms with Crippen LogP contribution in [0.25, 0.3) is 21.8 Å². The van der Waals surface area contributed by atoms with E-state index < -0.39 is 15.8 Å². The molecule has 0 unspecified atom stereocenters. The SMILES string of the molecule is CCCS(=O)(=O)Nc1cccc(-c2nc(C(C)(C)C)sc2-c2ccnc(Nc3cccc(OC4CCN(C(=O)CN5CCN(c6ccccn6)CC5)CC4)c3)n2)c1F.O=C1CCCC(=O)N1. The summed E-state index contributed by atoms with van der Waals surface area (Å²) in [5.74, 6) is 1.07. The van der Waals surface area contributed by atoms with Gasteiger partial charge in [-0.1, -0.05) is 45.9 Å². The van der Waals surface area contributed by atoms with Crippen LogP contribution in [0.5, 0.6) is 5.75 Å². The second kappa shape index (κ2) is 21.5. The summed E-state index contributed by atoms with van der Waals surface area (Å²) in [7, 11) is -3.72. The zero-order chi connectivity index (χ0) is 46.8. The van der Waals surface area contributed by atoms with E-state index >= 15 is 4.39 Å². The molecule has 6 heterocycles. The quantitative estimate of drug-likeness (QED) is 0.102. The number of hydrogen-bond donors (Lipinski definition) is 3. The Labute approximate surface area is 389 Å². The van der Waals surface area contributed by atoms with Gasteiger partial charge >= 0.3 is 0 Å². The van der Waals surface area contributed by atoms with Crippen molar-refractivity contribution in [1.29, 1.82) is 0 Å². The standard InChI is InChI=1S/C42H50FN9O4S2.C5H7NO2/c1-5-26-58(54,55)49-33-13-9-12-32(37(33)43)38-39(57-40(48-38)42(2,3)4)34-15-19-45-41(47-34)46-29-10-8-11-31(27-29)56-30-16-20-52(21-17-30)36(53)28-50-22-24-51(25-23-50)35-14-6-7-18-44-35;7-4-2-1-3-5(8)6-4/h6-15,18-19,27,30,49H,5,16-17,20-26,28H2,1-4H3,(H,45,46,47);1-3H2,(H,6,7,8). The Kier molecular flexibility index (Phi) is 15.6. The summed E-state index contributed by atoms with van der Waals surface area (Å²) in [6.07, 6.45) is 7.03. The number of hydrogen-bond acceptors (Lipinski definition) is 14. The van der Waals surface area contributed by atoms with E-state index in [1.807, 2.05) is 74.3 Å². The predicted octanol–water partition coefficient (Wildman–Crippen LogP) is 7.00. The van der Waals surface area contributed by atoms with Crippen LogP contribution >= 0.6 is 11.3 Å². The molecule has 66 heavy (non-hydrogen) atoms. The van der Waals surface area contributed by atoms with Crippen molar-refractivity contribution < 1.29 is 31.9 Å². The number of halogens is 1. The molecule has 3 N–H and O–H groups in total. The highest BCUT2D eigenvalue weighted by molar-refractivity contribution is 7.92. The third-order valence-electron chi connectivity index (χ3n) is 11.1. The van der Waals surface area contributed by atoms with Gasteiger partial charge in [-0.3, -0.25) is 29.3 Å². The highest BCUT2D eigenvalue weighted by Crippen LogP contribution is 2.42. The molecule has 0 saturated carbocycles. The Hall–Kier alpha value is -6.05. The number of amides is 3. The third kappa shape index (κ3) is 12.8. The molecule has 0 aliphatic carbocycles. The second-order valence-electron chi connectivity index (χ2n) is 17.4. The second-order valence-corrected chi connectivity index (χ2v) is 20.3. The van der Waals surface area contributed by atoms with Gasteiger partial charge in [-0.15, -0.1) is 11.3 Å². The Morgan fingerprint density at radius 1 is 0.909 bits per heavy atom. The van der Waals surface area contributed by atoms with E-state index in [0.29, 0.717) is 73.3 Å². The van der Waals surface area contributed by atoms with Gasteiger partial charge in [0.05, 0.1) is 39.3 Å². The van der Waals surface area contributed by atoms with Crippen LogP contribution in [-0.4, -0.2) is 114 Å². The van der Waals surface area contributed by atoms with Gasteiger partial charge < -0.3 is 19.9 Å². The molecular weight excluding hydrogens is 884 g/mol. The largest absolute Gasteiger partial charge is 0.490 e. The van der Waals surface area contributed by atoms with Gasteiger partial charge in [-0.2, -0.15) is 0 Å². The molecule has 0 spiro atoms. The maximum atomic E-state index is 16.1. The van der Waals surface area contributed by atoms with Crippen molar-refractivity contribution >= 4 is 62.2 Å². The molecule has 3 aliphatic rings. The highest BCUT2D eigenvalue weighted by Gasteiger charge is 2.29. The molecule has 3 amide bonds. The molecule has 3 aliphatic heterocycles. The first-order valence-corrected chi connectivity index (χ1v) is 24.8. The lowest BCUT2D eigenvalue weighted by atomic mass is 9.98. The first-order chi connectivity index (χ1) is 31.6. The van der Waals surface area contributed by atoms with Gasteiger partial charge in [0.15, 0.2) is 5.82 Å². The Balaban J connectivity index is 0.000000732. The Morgan fingerprint density at radius 2 is 1.65 bits per heavy atom. The van der Waals surface area contributed by atoms with Crippen LogP contribution in [0, 0.1) is 5.82 Å². The van der Waals surface area contributed by atoms with Crippen LogP contribution in [0.2, 0.25) is 0 Å². The highest BCUT2D eigenvalue weighted by atomic mass is 32.2. The average molecular weight is 941 g/mol. The molecular formula is C47H57FN10O6S2. The number of piperazine rings is 1. The summed E-state index contributed by atoms with van der Waals surface area (Å²) in [5, 5.41) is 6.26. The fraction of sp³-hybridized carbons (Fsp3) is 0.426. The Bertz CT molecular complexity index is 2580. The molecule has 0 atom stereocenters. The van der Waals surface area contributed by atoms with Gasteiger partial charge in [0, 0.05) is 100 Å². The fourth-order valence-electron chi connectivity index (χ4n) is 7.67. The third-order valence-corrected chi connectivity index (χ3v) is 14.1. The van der Waals surface area contributed by atoms with Crippen LogP contribution in [-0.2, 0) is 29.8 Å². The van der Waals surface area contributed by atoms with Crippen molar-refractivity contribution in [2.45, 2.75) is 77.7 Å². The number of aromatic nitrogens is 4. The summed E-state index contributed by atoms with van der Waals surface area (Å²) < 4.78 is 49.9. The van der Waals surface area contributed by atoms with E-state index in [0.717, 1.165) is 55.5 Å². The van der Waals surface area contributed by atoms with E-state index in [-0.39, 0.29) is 46.2 Å². The Morgan fingerprint density at radius 3 is 2.32 bits per heavy atom. The number of nitrogens with zero attached hydrogens (tertiary/aromatic N) is 7. The summed E-state index contributed by atoms with van der Waals surface area (Å²) in [6, 6.07) is 19.9. The van der Waals surface area contributed by atoms with Crippen molar-refractivity contribution in [2.75, 3.05) is 66.5 Å². The number of carbonyl (C=O) groups is 3. The molecule has 350 valence electrons. The van der Waals surface area contributed by atoms with Crippen LogP contribution < -0.4 is 25.0 Å². The normalized spacial score (nSPS) is 16.3. The van der Waals surface area contributed by atoms with Gasteiger partial charge in [0.2, 0.25) is 33.7 Å². The van der Waals surface area contributed by atoms with E-state index in [1.54, 1.807) is 31.3 Å². The van der Waals surface area contributed by atoms with Crippen LogP contribution in [0.15, 0.2) is 79.1 Å². The summed E-state index contributed by atoms with van der Waals surface area (Å²) in [4.78, 5) is 59.6. The molecule has 16 nitrogen and oxygen atoms in total. The molecule has 3 saturated heterocycles. The lowest BCUT2D eigenvalue weighted by molar-refractivity contribution is -0.135.